The summed E-state index contributed by atoms with van der Waals surface area (Å²) in [5, 5.41) is 13.9. The first-order valence-electron chi connectivity index (χ1n) is 10.5. The predicted octanol–water partition coefficient (Wildman–Crippen LogP) is 3.15. The number of nitrogens with zero attached hydrogens (tertiary/aromatic N) is 4. The molecule has 2 heterocycles. The zero-order valence-corrected chi connectivity index (χ0v) is 18.9. The molecule has 5 rings (SSSR count). The van der Waals surface area contributed by atoms with E-state index in [9.17, 15) is 14.4 Å². The van der Waals surface area contributed by atoms with Gasteiger partial charge in [-0.2, -0.15) is 10.1 Å². The maximum absolute atomic E-state index is 13.1. The van der Waals surface area contributed by atoms with Crippen molar-refractivity contribution in [2.75, 3.05) is 16.5 Å². The SMILES string of the molecule is O=C(CSc1n[nH]c(N/N=C/c2cccnc2)n1)Nc1cccc2c1C(=O)c1ccccc1C2=O. The van der Waals surface area contributed by atoms with Gasteiger partial charge in [-0.25, -0.2) is 10.5 Å². The summed E-state index contributed by atoms with van der Waals surface area (Å²) in [6.07, 6.45) is 4.92. The van der Waals surface area contributed by atoms with Crippen LogP contribution in [0.25, 0.3) is 0 Å². The van der Waals surface area contributed by atoms with Crippen LogP contribution < -0.4 is 10.7 Å². The predicted molar refractivity (Wildman–Crippen MR) is 131 cm³/mol. The van der Waals surface area contributed by atoms with E-state index in [0.717, 1.165) is 17.3 Å². The highest BCUT2D eigenvalue weighted by atomic mass is 32.2. The maximum atomic E-state index is 13.1. The highest BCUT2D eigenvalue weighted by Crippen LogP contribution is 2.32. The van der Waals surface area contributed by atoms with Crippen LogP contribution in [0.15, 0.2) is 77.2 Å². The largest absolute Gasteiger partial charge is 0.325 e. The van der Waals surface area contributed by atoms with E-state index in [-0.39, 0.29) is 34.4 Å². The molecule has 0 atom stereocenters. The van der Waals surface area contributed by atoms with Crippen molar-refractivity contribution in [1.82, 2.24) is 20.2 Å². The van der Waals surface area contributed by atoms with Crippen LogP contribution >= 0.6 is 11.8 Å². The van der Waals surface area contributed by atoms with Crippen LogP contribution in [0.1, 0.15) is 37.4 Å². The first kappa shape index (κ1) is 22.2. The summed E-state index contributed by atoms with van der Waals surface area (Å²) in [5.74, 6) is -0.592. The fourth-order valence-corrected chi connectivity index (χ4v) is 4.15. The molecule has 0 radical (unpaired) electrons. The van der Waals surface area contributed by atoms with Crippen LogP contribution in [0.4, 0.5) is 11.6 Å². The monoisotopic (exact) mass is 483 g/mol. The number of pyridine rings is 1. The van der Waals surface area contributed by atoms with Crippen LogP contribution in [-0.4, -0.2) is 49.6 Å². The lowest BCUT2D eigenvalue weighted by atomic mass is 9.83. The third-order valence-electron chi connectivity index (χ3n) is 5.09. The first-order valence-corrected chi connectivity index (χ1v) is 11.4. The minimum Gasteiger partial charge on any atom is -0.325 e. The molecule has 0 fully saturated rings. The van der Waals surface area contributed by atoms with Crippen LogP contribution in [-0.2, 0) is 4.79 Å². The Labute approximate surface area is 203 Å². The van der Waals surface area contributed by atoms with Gasteiger partial charge in [0.05, 0.1) is 23.2 Å². The molecule has 1 aliphatic rings. The molecule has 0 spiro atoms. The molecule has 11 heteroatoms. The number of aromatic amines is 1. The number of hydrazone groups is 1. The number of aromatic nitrogens is 4. The number of fused-ring (bicyclic) bond motifs is 2. The number of carbonyl (C=O) groups excluding carboxylic acids is 3. The number of benzene rings is 2. The second-order valence-corrected chi connectivity index (χ2v) is 8.33. The fourth-order valence-electron chi connectivity index (χ4n) is 3.55. The minimum absolute atomic E-state index is 0.00135. The molecule has 172 valence electrons. The maximum Gasteiger partial charge on any atom is 0.240 e. The van der Waals surface area contributed by atoms with E-state index in [0.29, 0.717) is 27.9 Å². The highest BCUT2D eigenvalue weighted by Gasteiger charge is 2.31. The Morgan fingerprint density at radius 3 is 2.60 bits per heavy atom. The molecule has 10 nitrogen and oxygen atoms in total. The Hall–Kier alpha value is -4.64. The quantitative estimate of drug-likeness (QED) is 0.182. The third-order valence-corrected chi connectivity index (χ3v) is 5.94. The Balaban J connectivity index is 1.22. The minimum atomic E-state index is -0.364. The van der Waals surface area contributed by atoms with Gasteiger partial charge in [0, 0.05) is 34.6 Å². The Bertz CT molecular complexity index is 1470. The van der Waals surface area contributed by atoms with Crippen LogP contribution in [0.3, 0.4) is 0 Å². The van der Waals surface area contributed by atoms with Crippen molar-refractivity contribution < 1.29 is 14.4 Å². The lowest BCUT2D eigenvalue weighted by molar-refractivity contribution is -0.113. The normalized spacial score (nSPS) is 12.3. The van der Waals surface area contributed by atoms with Gasteiger partial charge in [0.15, 0.2) is 11.6 Å². The second-order valence-electron chi connectivity index (χ2n) is 7.39. The number of rotatable bonds is 7. The molecule has 2 aromatic carbocycles. The van der Waals surface area contributed by atoms with E-state index in [1.165, 1.54) is 0 Å². The van der Waals surface area contributed by atoms with E-state index < -0.39 is 0 Å². The van der Waals surface area contributed by atoms with Gasteiger partial charge in [0.2, 0.25) is 17.0 Å². The summed E-state index contributed by atoms with van der Waals surface area (Å²) in [4.78, 5) is 46.7. The standard InChI is InChI=1S/C24H17N7O3S/c32-19(13-35-24-28-23(30-31-24)29-26-12-14-5-4-10-25-11-14)27-18-9-3-8-17-20(18)22(34)16-7-2-1-6-15(16)21(17)33/h1-12H,13H2,(H,27,32)(H2,28,29,30,31)/b26-12+. The molecule has 1 amide bonds. The number of hydrogen-bond donors (Lipinski definition) is 3. The van der Waals surface area contributed by atoms with E-state index in [4.69, 9.17) is 0 Å². The van der Waals surface area contributed by atoms with Crippen molar-refractivity contribution in [2.45, 2.75) is 5.16 Å². The number of carbonyl (C=O) groups is 3. The number of nitrogens with one attached hydrogen (secondary N) is 3. The Kier molecular flexibility index (Phi) is 6.14. The summed E-state index contributed by atoms with van der Waals surface area (Å²) in [7, 11) is 0. The summed E-state index contributed by atoms with van der Waals surface area (Å²) in [5.41, 5.74) is 5.00. The van der Waals surface area contributed by atoms with Crippen LogP contribution in [0, 0.1) is 0 Å². The highest BCUT2D eigenvalue weighted by molar-refractivity contribution is 7.99. The number of thioether (sulfide) groups is 1. The molecule has 4 aromatic rings. The molecular formula is C24H17N7O3S. The van der Waals surface area contributed by atoms with Gasteiger partial charge in [-0.3, -0.25) is 19.4 Å². The van der Waals surface area contributed by atoms with Gasteiger partial charge >= 0.3 is 0 Å². The zero-order chi connectivity index (χ0) is 24.2. The molecule has 0 saturated carbocycles. The average Bonchev–Trinajstić information content (AvgIpc) is 3.34. The van der Waals surface area contributed by atoms with Crippen molar-refractivity contribution in [1.29, 1.82) is 0 Å². The van der Waals surface area contributed by atoms with Gasteiger partial charge in [-0.15, -0.1) is 5.10 Å². The van der Waals surface area contributed by atoms with E-state index in [2.05, 4.69) is 36.0 Å². The molecule has 1 aliphatic carbocycles. The molecule has 0 saturated heterocycles. The zero-order valence-electron chi connectivity index (χ0n) is 18.1. The van der Waals surface area contributed by atoms with Gasteiger partial charge in [-0.05, 0) is 12.1 Å². The summed E-state index contributed by atoms with van der Waals surface area (Å²) in [6.45, 7) is 0. The third kappa shape index (κ3) is 4.70. The van der Waals surface area contributed by atoms with E-state index >= 15 is 0 Å². The van der Waals surface area contributed by atoms with E-state index in [1.807, 2.05) is 6.07 Å². The van der Waals surface area contributed by atoms with Crippen molar-refractivity contribution in [3.63, 3.8) is 0 Å². The topological polar surface area (TPSA) is 142 Å². The number of ketones is 2. The second kappa shape index (κ2) is 9.69. The molecule has 3 N–H and O–H groups in total. The van der Waals surface area contributed by atoms with Crippen molar-refractivity contribution >= 4 is 47.1 Å². The van der Waals surface area contributed by atoms with Crippen molar-refractivity contribution in [2.24, 2.45) is 5.10 Å². The lowest BCUT2D eigenvalue weighted by Crippen LogP contribution is -2.24. The molecule has 35 heavy (non-hydrogen) atoms. The number of amides is 1. The van der Waals surface area contributed by atoms with Crippen LogP contribution in [0.5, 0.6) is 0 Å². The average molecular weight is 484 g/mol. The number of H-pyrrole nitrogens is 1. The van der Waals surface area contributed by atoms with Gasteiger partial charge in [0.25, 0.3) is 0 Å². The van der Waals surface area contributed by atoms with Crippen molar-refractivity contribution in [3.05, 3.63) is 94.8 Å². The lowest BCUT2D eigenvalue weighted by Gasteiger charge is -2.20. The molecule has 0 aliphatic heterocycles. The van der Waals surface area contributed by atoms with Crippen molar-refractivity contribution in [3.8, 4) is 0 Å². The summed E-state index contributed by atoms with van der Waals surface area (Å²) in [6, 6.07) is 15.2. The smallest absolute Gasteiger partial charge is 0.240 e. The number of anilines is 2. The van der Waals surface area contributed by atoms with Crippen LogP contribution in [0.2, 0.25) is 0 Å². The van der Waals surface area contributed by atoms with E-state index in [1.54, 1.807) is 67.1 Å². The fraction of sp³-hybridized carbons (Fsp3) is 0.0417. The Morgan fingerprint density at radius 2 is 1.80 bits per heavy atom. The first-order chi connectivity index (χ1) is 17.1. The molecule has 0 bridgehead atoms. The summed E-state index contributed by atoms with van der Waals surface area (Å²) >= 11 is 1.11. The molecular weight excluding hydrogens is 466 g/mol. The molecule has 2 aromatic heterocycles. The van der Waals surface area contributed by atoms with Gasteiger partial charge < -0.3 is 5.32 Å². The van der Waals surface area contributed by atoms with Gasteiger partial charge in [0.1, 0.15) is 0 Å². The number of hydrogen-bond acceptors (Lipinski definition) is 9. The van der Waals surface area contributed by atoms with Gasteiger partial charge in [-0.1, -0.05) is 54.2 Å². The Morgan fingerprint density at radius 1 is 1.00 bits per heavy atom. The summed E-state index contributed by atoms with van der Waals surface area (Å²) < 4.78 is 0. The molecule has 0 unspecified atom stereocenters.